The first kappa shape index (κ1) is 21.8. The Morgan fingerprint density at radius 3 is 2.23 bits per heavy atom. The minimum Gasteiger partial charge on any atom is -0.481 e. The summed E-state index contributed by atoms with van der Waals surface area (Å²) in [5, 5.41) is 10.5. The van der Waals surface area contributed by atoms with E-state index >= 15 is 0 Å². The number of carboxylic acid groups (broad SMARTS) is 1. The zero-order valence-corrected chi connectivity index (χ0v) is 20.8. The second kappa shape index (κ2) is 6.29. The zero-order chi connectivity index (χ0) is 22.6. The third kappa shape index (κ3) is 2.43. The third-order valence-electron chi connectivity index (χ3n) is 12.4. The van der Waals surface area contributed by atoms with Crippen molar-refractivity contribution in [1.82, 2.24) is 0 Å². The fraction of sp³-hybridized carbons (Fsp3) is 0.828. The minimum absolute atomic E-state index is 0.228. The smallest absolute Gasteiger partial charge is 0.309 e. The molecule has 4 unspecified atom stereocenters. The van der Waals surface area contributed by atoms with Crippen LogP contribution in [0.1, 0.15) is 92.9 Å². The number of rotatable bonds is 2. The maximum Gasteiger partial charge on any atom is 0.309 e. The lowest BCUT2D eigenvalue weighted by Gasteiger charge is -2.70. The van der Waals surface area contributed by atoms with Gasteiger partial charge in [0, 0.05) is 0 Å². The summed E-state index contributed by atoms with van der Waals surface area (Å²) in [6.45, 7) is 19.1. The molecule has 0 bridgehead atoms. The molecule has 5 rings (SSSR count). The maximum absolute atomic E-state index is 12.7. The summed E-state index contributed by atoms with van der Waals surface area (Å²) >= 11 is 0. The van der Waals surface area contributed by atoms with E-state index in [1.165, 1.54) is 31.3 Å². The van der Waals surface area contributed by atoms with Gasteiger partial charge in [-0.05, 0) is 110 Å². The van der Waals surface area contributed by atoms with Gasteiger partial charge in [-0.2, -0.15) is 0 Å². The van der Waals surface area contributed by atoms with Crippen LogP contribution in [-0.4, -0.2) is 11.1 Å². The Kier molecular flexibility index (Phi) is 4.42. The number of fused-ring (bicyclic) bond motifs is 7. The van der Waals surface area contributed by atoms with Crippen molar-refractivity contribution in [2.24, 2.45) is 56.7 Å². The van der Waals surface area contributed by atoms with E-state index in [1.807, 2.05) is 0 Å². The Hall–Kier alpha value is -1.05. The van der Waals surface area contributed by atoms with E-state index in [0.717, 1.165) is 31.6 Å². The summed E-state index contributed by atoms with van der Waals surface area (Å²) in [4.78, 5) is 12.7. The number of carbonyl (C=O) groups is 1. The Bertz CT molecular complexity index is 853. The molecule has 9 atom stereocenters. The molecule has 0 aromatic rings. The normalized spacial score (nSPS) is 54.5. The van der Waals surface area contributed by atoms with E-state index in [-0.39, 0.29) is 16.7 Å². The van der Waals surface area contributed by atoms with Gasteiger partial charge in [0.05, 0.1) is 5.41 Å². The molecule has 1 N–H and O–H groups in total. The average Bonchev–Trinajstić information content (AvgIpc) is 3.19. The van der Waals surface area contributed by atoms with Crippen molar-refractivity contribution in [3.63, 3.8) is 0 Å². The van der Waals surface area contributed by atoms with Crippen LogP contribution in [-0.2, 0) is 4.79 Å². The van der Waals surface area contributed by atoms with Crippen molar-refractivity contribution in [3.05, 3.63) is 24.3 Å². The van der Waals surface area contributed by atoms with E-state index < -0.39 is 11.4 Å². The first-order valence-electron chi connectivity index (χ1n) is 12.9. The molecule has 0 radical (unpaired) electrons. The molecule has 0 aliphatic heterocycles. The average molecular weight is 425 g/mol. The zero-order valence-electron chi connectivity index (χ0n) is 20.8. The molecule has 0 spiro atoms. The summed E-state index contributed by atoms with van der Waals surface area (Å²) in [6, 6.07) is 0. The topological polar surface area (TPSA) is 37.3 Å². The van der Waals surface area contributed by atoms with Gasteiger partial charge >= 0.3 is 5.97 Å². The molecule has 31 heavy (non-hydrogen) atoms. The van der Waals surface area contributed by atoms with Crippen molar-refractivity contribution < 1.29 is 9.90 Å². The molecular weight excluding hydrogens is 380 g/mol. The highest BCUT2D eigenvalue weighted by molar-refractivity contribution is 5.76. The highest BCUT2D eigenvalue weighted by atomic mass is 16.4. The van der Waals surface area contributed by atoms with E-state index in [2.05, 4.69) is 60.3 Å². The van der Waals surface area contributed by atoms with Crippen molar-refractivity contribution >= 4 is 5.97 Å². The molecule has 0 heterocycles. The molecule has 172 valence electrons. The molecule has 5 aliphatic rings. The van der Waals surface area contributed by atoms with Crippen LogP contribution in [0, 0.1) is 56.7 Å². The molecular formula is C29H44O2. The van der Waals surface area contributed by atoms with Gasteiger partial charge in [-0.3, -0.25) is 4.79 Å². The van der Waals surface area contributed by atoms with Crippen LogP contribution >= 0.6 is 0 Å². The molecule has 2 nitrogen and oxygen atoms in total. The van der Waals surface area contributed by atoms with Gasteiger partial charge in [0.2, 0.25) is 0 Å². The minimum atomic E-state index is -0.522. The summed E-state index contributed by atoms with van der Waals surface area (Å²) in [5.41, 5.74) is 1.82. The maximum atomic E-state index is 12.7. The predicted octanol–water partition coefficient (Wildman–Crippen LogP) is 7.50. The Balaban J connectivity index is 1.58. The number of aliphatic carboxylic acids is 1. The molecule has 0 aromatic heterocycles. The molecule has 4 saturated carbocycles. The molecule has 4 fully saturated rings. The summed E-state index contributed by atoms with van der Waals surface area (Å²) in [5.74, 6) is 2.11. The van der Waals surface area contributed by atoms with E-state index in [0.29, 0.717) is 28.6 Å². The summed E-state index contributed by atoms with van der Waals surface area (Å²) in [7, 11) is 0. The van der Waals surface area contributed by atoms with Crippen LogP contribution in [0.2, 0.25) is 0 Å². The van der Waals surface area contributed by atoms with Gasteiger partial charge < -0.3 is 5.11 Å². The van der Waals surface area contributed by atoms with Crippen molar-refractivity contribution in [3.8, 4) is 0 Å². The summed E-state index contributed by atoms with van der Waals surface area (Å²) in [6.07, 6.45) is 14.0. The molecule has 5 aliphatic carbocycles. The van der Waals surface area contributed by atoms with E-state index in [1.54, 1.807) is 0 Å². The van der Waals surface area contributed by atoms with Crippen LogP contribution < -0.4 is 0 Å². The monoisotopic (exact) mass is 424 g/mol. The van der Waals surface area contributed by atoms with Gasteiger partial charge in [-0.15, -0.1) is 0 Å². The molecule has 2 heteroatoms. The number of hydrogen-bond acceptors (Lipinski definition) is 1. The van der Waals surface area contributed by atoms with Crippen molar-refractivity contribution in [2.45, 2.75) is 92.9 Å². The van der Waals surface area contributed by atoms with Gasteiger partial charge in [0.1, 0.15) is 0 Å². The first-order chi connectivity index (χ1) is 14.3. The Morgan fingerprint density at radius 2 is 1.58 bits per heavy atom. The molecule has 0 amide bonds. The van der Waals surface area contributed by atoms with Crippen molar-refractivity contribution in [1.29, 1.82) is 0 Å². The number of carboxylic acids is 1. The lowest BCUT2D eigenvalue weighted by Crippen LogP contribution is -2.64. The van der Waals surface area contributed by atoms with Crippen LogP contribution in [0.5, 0.6) is 0 Å². The lowest BCUT2D eigenvalue weighted by atomic mass is 9.34. The summed E-state index contributed by atoms with van der Waals surface area (Å²) < 4.78 is 0. The number of hydrogen-bond donors (Lipinski definition) is 1. The van der Waals surface area contributed by atoms with Crippen molar-refractivity contribution in [2.75, 3.05) is 0 Å². The van der Waals surface area contributed by atoms with Gasteiger partial charge in [0.15, 0.2) is 0 Å². The first-order valence-corrected chi connectivity index (χ1v) is 12.9. The number of allylic oxidation sites excluding steroid dienone is 3. The largest absolute Gasteiger partial charge is 0.481 e. The second-order valence-electron chi connectivity index (χ2n) is 13.7. The van der Waals surface area contributed by atoms with Crippen LogP contribution in [0.25, 0.3) is 0 Å². The van der Waals surface area contributed by atoms with E-state index in [4.69, 9.17) is 0 Å². The van der Waals surface area contributed by atoms with Gasteiger partial charge in [-0.25, -0.2) is 0 Å². The SMILES string of the molecule is C=C(C)[C@@H]1CC[C@]2(C(=O)O)CC[C@]3(C)C(CCC4[C@@]5(C)C=CC(C)(C)C5CC[C@]43C)C12. The van der Waals surface area contributed by atoms with Crippen LogP contribution in [0.3, 0.4) is 0 Å². The fourth-order valence-electron chi connectivity index (χ4n) is 10.7. The Morgan fingerprint density at radius 1 is 0.871 bits per heavy atom. The quantitative estimate of drug-likeness (QED) is 0.466. The highest BCUT2D eigenvalue weighted by Gasteiger charge is 2.71. The standard InChI is InChI=1S/C29H44O2/c1-18(2)19-10-13-29(24(30)31)17-16-27(6)20(23(19)29)8-9-22-26(5)15-14-25(3,4)21(26)11-12-28(22,27)7/h14-15,19-23H,1,8-13,16-17H2,2-7H3,(H,30,31)/t19-,20?,21?,22?,23?,26-,27+,28+,29-/m0/s1. The van der Waals surface area contributed by atoms with E-state index in [9.17, 15) is 9.90 Å². The predicted molar refractivity (Wildman–Crippen MR) is 127 cm³/mol. The second-order valence-corrected chi connectivity index (χ2v) is 13.7. The van der Waals surface area contributed by atoms with Gasteiger partial charge in [-0.1, -0.05) is 58.9 Å². The molecule has 0 aromatic carbocycles. The third-order valence-corrected chi connectivity index (χ3v) is 12.4. The lowest BCUT2D eigenvalue weighted by molar-refractivity contribution is -0.216. The highest BCUT2D eigenvalue weighted by Crippen LogP contribution is 2.77. The fourth-order valence-corrected chi connectivity index (χ4v) is 10.7. The van der Waals surface area contributed by atoms with Crippen LogP contribution in [0.4, 0.5) is 0 Å². The van der Waals surface area contributed by atoms with Crippen LogP contribution in [0.15, 0.2) is 24.3 Å². The molecule has 0 saturated heterocycles. The van der Waals surface area contributed by atoms with Gasteiger partial charge in [0.25, 0.3) is 0 Å². The Labute approximate surface area is 190 Å².